The molecule has 2 aliphatic heterocycles. The molecule has 0 spiro atoms. The van der Waals surface area contributed by atoms with E-state index < -0.39 is 6.10 Å². The lowest BCUT2D eigenvalue weighted by atomic mass is 10.1. The van der Waals surface area contributed by atoms with Crippen LogP contribution in [0.1, 0.15) is 52.3 Å². The Bertz CT molecular complexity index is 968. The Morgan fingerprint density at radius 3 is 2.48 bits per heavy atom. The first-order valence-electron chi connectivity index (χ1n) is 9.71. The van der Waals surface area contributed by atoms with Gasteiger partial charge in [0.1, 0.15) is 0 Å². The summed E-state index contributed by atoms with van der Waals surface area (Å²) >= 11 is 6.17. The summed E-state index contributed by atoms with van der Waals surface area (Å²) in [5.41, 5.74) is 9.57. The lowest BCUT2D eigenvalue weighted by Gasteiger charge is -2.24. The Morgan fingerprint density at radius 2 is 1.90 bits per heavy atom. The molecule has 5 N–H and O–H groups in total. The summed E-state index contributed by atoms with van der Waals surface area (Å²) in [6.07, 6.45) is -0.513. The van der Waals surface area contributed by atoms with Gasteiger partial charge in [0.05, 0.1) is 28.2 Å². The molecule has 0 amide bonds. The van der Waals surface area contributed by atoms with Crippen LogP contribution in [0, 0.1) is 0 Å². The zero-order valence-corrected chi connectivity index (χ0v) is 18.1. The molecule has 2 aliphatic rings. The minimum atomic E-state index is -0.513. The van der Waals surface area contributed by atoms with Gasteiger partial charge in [-0.25, -0.2) is 0 Å². The molecule has 0 fully saturated rings. The number of hydrogen-bond donors (Lipinski definition) is 4. The molecule has 0 aliphatic carbocycles. The molecule has 156 valence electrons. The monoisotopic (exact) mass is 417 g/mol. The number of rotatable bonds is 7. The largest absolute Gasteiger partial charge is 0.398 e. The van der Waals surface area contributed by atoms with Gasteiger partial charge in [0.25, 0.3) is 0 Å². The van der Waals surface area contributed by atoms with E-state index in [2.05, 4.69) is 53.1 Å². The highest BCUT2D eigenvalue weighted by atomic mass is 35.5. The zero-order valence-electron chi connectivity index (χ0n) is 17.4. The van der Waals surface area contributed by atoms with Crippen LogP contribution in [0.5, 0.6) is 0 Å². The van der Waals surface area contributed by atoms with Gasteiger partial charge in [-0.3, -0.25) is 0 Å². The fourth-order valence-corrected chi connectivity index (χ4v) is 3.30. The van der Waals surface area contributed by atoms with Crippen molar-refractivity contribution in [3.05, 3.63) is 28.9 Å². The van der Waals surface area contributed by atoms with Crippen molar-refractivity contribution in [2.45, 2.75) is 52.7 Å². The van der Waals surface area contributed by atoms with Crippen molar-refractivity contribution in [2.75, 3.05) is 22.9 Å². The molecule has 0 saturated heterocycles. The molecule has 0 bridgehead atoms. The van der Waals surface area contributed by atoms with Crippen molar-refractivity contribution < 1.29 is 5.11 Å². The van der Waals surface area contributed by atoms with Crippen molar-refractivity contribution in [1.82, 2.24) is 19.7 Å². The Hall–Kier alpha value is -2.58. The smallest absolute Gasteiger partial charge is 0.205 e. The maximum Gasteiger partial charge on any atom is 0.205 e. The van der Waals surface area contributed by atoms with Crippen molar-refractivity contribution in [3.63, 3.8) is 0 Å². The van der Waals surface area contributed by atoms with E-state index in [1.54, 1.807) is 19.1 Å². The first kappa shape index (κ1) is 21.1. The van der Waals surface area contributed by atoms with E-state index in [4.69, 9.17) is 22.3 Å². The van der Waals surface area contributed by atoms with Crippen LogP contribution in [0.25, 0.3) is 11.4 Å². The molecule has 3 rings (SSSR count). The Labute approximate surface area is 175 Å². The molecule has 2 heterocycles. The van der Waals surface area contributed by atoms with Crippen molar-refractivity contribution in [2.24, 2.45) is 0 Å². The molecule has 0 aromatic heterocycles. The predicted octanol–water partition coefficient (Wildman–Crippen LogP) is 4.25. The van der Waals surface area contributed by atoms with Gasteiger partial charge in [0.15, 0.2) is 11.5 Å². The average molecular weight is 418 g/mol. The summed E-state index contributed by atoms with van der Waals surface area (Å²) in [6, 6.07) is 5.43. The van der Waals surface area contributed by atoms with E-state index in [1.165, 1.54) is 0 Å². The molecule has 1 aromatic carbocycles. The average Bonchev–Trinajstić information content (AvgIpc) is 3.08. The van der Waals surface area contributed by atoms with Crippen molar-refractivity contribution in [1.29, 1.82) is 0 Å². The van der Waals surface area contributed by atoms with Crippen molar-refractivity contribution >= 4 is 34.7 Å². The number of nitrogens with two attached hydrogens (primary N) is 1. The minimum absolute atomic E-state index is 0.116. The van der Waals surface area contributed by atoms with E-state index in [0.717, 1.165) is 17.1 Å². The first-order valence-corrected chi connectivity index (χ1v) is 10.1. The van der Waals surface area contributed by atoms with E-state index in [-0.39, 0.29) is 12.0 Å². The molecule has 0 radical (unpaired) electrons. The number of fused-ring (bicyclic) bond motifs is 1. The van der Waals surface area contributed by atoms with E-state index in [9.17, 15) is 5.11 Å². The van der Waals surface area contributed by atoms with Gasteiger partial charge in [-0.1, -0.05) is 25.4 Å². The number of anilines is 4. The molecule has 8 nitrogen and oxygen atoms in total. The number of nitrogen functional groups attached to an aromatic ring is 1. The molecule has 9 heteroatoms. The lowest BCUT2D eigenvalue weighted by Crippen LogP contribution is -2.22. The number of aliphatic hydroxyl groups is 1. The van der Waals surface area contributed by atoms with E-state index >= 15 is 0 Å². The third-order valence-corrected chi connectivity index (χ3v) is 4.85. The van der Waals surface area contributed by atoms with Gasteiger partial charge < -0.3 is 26.0 Å². The Balaban J connectivity index is 2.17. The third kappa shape index (κ3) is 4.38. The summed E-state index contributed by atoms with van der Waals surface area (Å²) in [5, 5.41) is 25.6. The second kappa shape index (κ2) is 8.42. The first-order chi connectivity index (χ1) is 13.7. The lowest BCUT2D eigenvalue weighted by molar-refractivity contribution is 0.208. The maximum absolute atomic E-state index is 9.75. The molecule has 1 aromatic rings. The third-order valence-electron chi connectivity index (χ3n) is 4.52. The van der Waals surface area contributed by atoms with Gasteiger partial charge in [-0.15, -0.1) is 5.10 Å². The van der Waals surface area contributed by atoms with Crippen LogP contribution in [0.2, 0.25) is 5.02 Å². The molecular weight excluding hydrogens is 390 g/mol. The molecule has 0 saturated carbocycles. The number of benzene rings is 1. The summed E-state index contributed by atoms with van der Waals surface area (Å²) in [5.74, 6) is 1.38. The van der Waals surface area contributed by atoms with Gasteiger partial charge in [-0.2, -0.15) is 10.1 Å². The van der Waals surface area contributed by atoms with Crippen LogP contribution >= 0.6 is 11.6 Å². The highest BCUT2D eigenvalue weighted by molar-refractivity contribution is 6.33. The van der Waals surface area contributed by atoms with Crippen LogP contribution in [0.4, 0.5) is 23.1 Å². The second-order valence-corrected chi connectivity index (χ2v) is 8.18. The summed E-state index contributed by atoms with van der Waals surface area (Å²) in [7, 11) is 0. The van der Waals surface area contributed by atoms with Crippen LogP contribution in [0.3, 0.4) is 0 Å². The normalized spacial score (nSPS) is 12.7. The summed E-state index contributed by atoms with van der Waals surface area (Å²) in [4.78, 5) is 4.77. The van der Waals surface area contributed by atoms with Crippen molar-refractivity contribution in [3.8, 4) is 11.4 Å². The number of aromatic nitrogens is 4. The number of halogens is 1. The maximum atomic E-state index is 9.75. The Morgan fingerprint density at radius 1 is 1.17 bits per heavy atom. The number of nitrogens with one attached hydrogen (secondary N) is 2. The van der Waals surface area contributed by atoms with Crippen LogP contribution < -0.4 is 16.4 Å². The predicted molar refractivity (Wildman–Crippen MR) is 118 cm³/mol. The van der Waals surface area contributed by atoms with E-state index in [0.29, 0.717) is 34.7 Å². The molecule has 1 atom stereocenters. The summed E-state index contributed by atoms with van der Waals surface area (Å²) < 4.78 is 2.08. The van der Waals surface area contributed by atoms with Gasteiger partial charge >= 0.3 is 0 Å². The van der Waals surface area contributed by atoms with Crippen LogP contribution in [0.15, 0.2) is 18.2 Å². The number of aliphatic hydroxyl groups excluding tert-OH is 1. The SMILES string of the molecule is CC(O)CNc1nc(Nc2ccc(N)c(Cl)c2)c2nnc(C(C)C)c-2n1C(C)C. The quantitative estimate of drug-likeness (QED) is 0.425. The number of nitrogens with zero attached hydrogens (tertiary/aromatic N) is 4. The molecule has 29 heavy (non-hydrogen) atoms. The molecular formula is C20H28ClN7O. The van der Waals surface area contributed by atoms with Gasteiger partial charge in [0.2, 0.25) is 5.95 Å². The zero-order chi connectivity index (χ0) is 21.3. The Kier molecular flexibility index (Phi) is 6.14. The van der Waals surface area contributed by atoms with Crippen LogP contribution in [-0.2, 0) is 0 Å². The topological polar surface area (TPSA) is 114 Å². The second-order valence-electron chi connectivity index (χ2n) is 7.78. The standard InChI is InChI=1S/C20H28ClN7O/c1-10(2)16-18-17(27-26-16)19(24-13-6-7-15(22)14(21)8-13)25-20(23-9-12(5)29)28(18)11(3)4/h6-8,10-12,24,29H,9,22H2,1-5H3,(H,23,25). The fraction of sp³-hybridized carbons (Fsp3) is 0.450. The number of hydrogen-bond acceptors (Lipinski definition) is 7. The minimum Gasteiger partial charge on any atom is -0.398 e. The molecule has 1 unspecified atom stereocenters. The van der Waals surface area contributed by atoms with Gasteiger partial charge in [0, 0.05) is 18.3 Å². The fourth-order valence-electron chi connectivity index (χ4n) is 3.12. The highest BCUT2D eigenvalue weighted by Crippen LogP contribution is 2.38. The van der Waals surface area contributed by atoms with Crippen LogP contribution in [-0.4, -0.2) is 37.5 Å². The summed E-state index contributed by atoms with van der Waals surface area (Å²) in [6.45, 7) is 10.4. The highest BCUT2D eigenvalue weighted by Gasteiger charge is 2.28. The van der Waals surface area contributed by atoms with Gasteiger partial charge in [-0.05, 0) is 44.9 Å². The van der Waals surface area contributed by atoms with E-state index in [1.807, 2.05) is 6.07 Å².